The van der Waals surface area contributed by atoms with Crippen LogP contribution in [0.25, 0.3) is 10.9 Å². The second kappa shape index (κ2) is 9.40. The molecule has 0 fully saturated rings. The Balaban J connectivity index is 1.81. The number of benzene rings is 2. The van der Waals surface area contributed by atoms with E-state index in [-0.39, 0.29) is 27.9 Å². The van der Waals surface area contributed by atoms with Crippen molar-refractivity contribution in [2.24, 2.45) is 0 Å². The van der Waals surface area contributed by atoms with Crippen LogP contribution in [0.1, 0.15) is 12.1 Å². The molecule has 0 unspecified atom stereocenters. The van der Waals surface area contributed by atoms with Crippen LogP contribution in [0.5, 0.6) is 5.75 Å². The molecule has 2 aromatic carbocycles. The molecule has 11 heteroatoms. The van der Waals surface area contributed by atoms with Gasteiger partial charge in [0.25, 0.3) is 0 Å². The van der Waals surface area contributed by atoms with E-state index >= 15 is 0 Å². The highest BCUT2D eigenvalue weighted by molar-refractivity contribution is 7.91. The van der Waals surface area contributed by atoms with Gasteiger partial charge in [-0.3, -0.25) is 4.79 Å². The fourth-order valence-electron chi connectivity index (χ4n) is 2.97. The van der Waals surface area contributed by atoms with Crippen LogP contribution in [-0.4, -0.2) is 50.7 Å². The number of methoxy groups -OCH3 is 1. The Hall–Kier alpha value is -3.05. The molecule has 166 valence electrons. The van der Waals surface area contributed by atoms with Gasteiger partial charge >= 0.3 is 6.55 Å². The zero-order chi connectivity index (χ0) is 22.6. The van der Waals surface area contributed by atoms with Gasteiger partial charge in [0, 0.05) is 30.6 Å². The molecule has 1 heterocycles. The van der Waals surface area contributed by atoms with E-state index in [0.29, 0.717) is 29.2 Å². The molecule has 0 atom stereocenters. The average Bonchev–Trinajstić information content (AvgIpc) is 3.11. The lowest BCUT2D eigenvalue weighted by molar-refractivity contribution is -0.115. The van der Waals surface area contributed by atoms with Gasteiger partial charge < -0.3 is 14.8 Å². The number of anilines is 1. The molecular formula is C20H21F2N3O5S. The third-order valence-electron chi connectivity index (χ3n) is 4.31. The van der Waals surface area contributed by atoms with Gasteiger partial charge in [0.2, 0.25) is 5.91 Å². The number of hydrogen-bond acceptors (Lipinski definition) is 6. The van der Waals surface area contributed by atoms with Gasteiger partial charge in [0.15, 0.2) is 9.84 Å². The van der Waals surface area contributed by atoms with Gasteiger partial charge in [-0.15, -0.1) is 0 Å². The van der Waals surface area contributed by atoms with Crippen LogP contribution in [0.2, 0.25) is 0 Å². The second-order valence-electron chi connectivity index (χ2n) is 6.78. The largest absolute Gasteiger partial charge is 0.491 e. The zero-order valence-corrected chi connectivity index (χ0v) is 17.7. The normalized spacial score (nSPS) is 11.8. The van der Waals surface area contributed by atoms with Crippen LogP contribution in [-0.2, 0) is 25.8 Å². The first-order valence-corrected chi connectivity index (χ1v) is 11.1. The predicted molar refractivity (Wildman–Crippen MR) is 110 cm³/mol. The maximum absolute atomic E-state index is 13.0. The standard InChI is InChI=1S/C20H21F2N3O5S/c1-29-6-7-30-15-5-3-4-13(8-15)9-19(26)23-14-10-17-16(12-25(24-17)20(21)22)18(11-14)31(2,27)28/h3-5,8,10-12,20H,6-7,9H2,1-2H3,(H,23,26). The molecule has 0 saturated carbocycles. The summed E-state index contributed by atoms with van der Waals surface area (Å²) >= 11 is 0. The molecule has 0 aliphatic carbocycles. The summed E-state index contributed by atoms with van der Waals surface area (Å²) in [5.74, 6) is 0.168. The Morgan fingerprint density at radius 1 is 1.23 bits per heavy atom. The SMILES string of the molecule is COCCOc1cccc(CC(=O)Nc2cc(S(C)(=O)=O)c3cn(C(F)F)nc3c2)c1. The molecular weight excluding hydrogens is 432 g/mol. The number of hydrogen-bond donors (Lipinski definition) is 1. The summed E-state index contributed by atoms with van der Waals surface area (Å²) in [6.45, 7) is -2.13. The number of rotatable bonds is 9. The van der Waals surface area contributed by atoms with Crippen molar-refractivity contribution >= 4 is 32.3 Å². The molecule has 31 heavy (non-hydrogen) atoms. The van der Waals surface area contributed by atoms with E-state index in [1.165, 1.54) is 12.1 Å². The first kappa shape index (κ1) is 22.6. The number of carbonyl (C=O) groups excluding carboxylic acids is 1. The van der Waals surface area contributed by atoms with Gasteiger partial charge in [-0.25, -0.2) is 13.1 Å². The lowest BCUT2D eigenvalue weighted by Gasteiger charge is -2.09. The summed E-state index contributed by atoms with van der Waals surface area (Å²) in [6, 6.07) is 9.55. The van der Waals surface area contributed by atoms with Crippen molar-refractivity contribution in [1.82, 2.24) is 9.78 Å². The van der Waals surface area contributed by atoms with Crippen LogP contribution < -0.4 is 10.1 Å². The number of nitrogens with one attached hydrogen (secondary N) is 1. The van der Waals surface area contributed by atoms with Crippen molar-refractivity contribution in [1.29, 1.82) is 0 Å². The summed E-state index contributed by atoms with van der Waals surface area (Å²) in [5.41, 5.74) is 0.857. The van der Waals surface area contributed by atoms with E-state index in [1.54, 1.807) is 31.4 Å². The number of halogens is 2. The van der Waals surface area contributed by atoms with Crippen LogP contribution in [0.4, 0.5) is 14.5 Å². The summed E-state index contributed by atoms with van der Waals surface area (Å²) < 4.78 is 61.1. The van der Waals surface area contributed by atoms with Crippen LogP contribution in [0, 0.1) is 0 Å². The first-order chi connectivity index (χ1) is 14.7. The molecule has 3 aromatic rings. The molecule has 8 nitrogen and oxygen atoms in total. The van der Waals surface area contributed by atoms with Crippen molar-refractivity contribution in [2.75, 3.05) is 31.9 Å². The lowest BCUT2D eigenvalue weighted by Crippen LogP contribution is -2.15. The minimum absolute atomic E-state index is 0.000796. The van der Waals surface area contributed by atoms with E-state index in [1.807, 2.05) is 0 Å². The summed E-state index contributed by atoms with van der Waals surface area (Å²) in [6.07, 6.45) is 1.93. The first-order valence-electron chi connectivity index (χ1n) is 9.19. The van der Waals surface area contributed by atoms with Crippen molar-refractivity contribution in [3.8, 4) is 5.75 Å². The molecule has 0 aliphatic rings. The number of ether oxygens (including phenoxy) is 2. The van der Waals surface area contributed by atoms with Crippen LogP contribution in [0.15, 0.2) is 47.5 Å². The maximum atomic E-state index is 13.0. The van der Waals surface area contributed by atoms with E-state index in [0.717, 1.165) is 12.5 Å². The highest BCUT2D eigenvalue weighted by atomic mass is 32.2. The van der Waals surface area contributed by atoms with Gasteiger partial charge in [-0.1, -0.05) is 12.1 Å². The van der Waals surface area contributed by atoms with E-state index in [2.05, 4.69) is 10.4 Å². The molecule has 0 radical (unpaired) electrons. The quantitative estimate of drug-likeness (QED) is 0.500. The molecule has 3 rings (SSSR count). The topological polar surface area (TPSA) is 99.5 Å². The number of amides is 1. The van der Waals surface area contributed by atoms with E-state index in [4.69, 9.17) is 9.47 Å². The zero-order valence-electron chi connectivity index (χ0n) is 16.8. The summed E-state index contributed by atoms with van der Waals surface area (Å²) in [5, 5.41) is 6.37. The lowest BCUT2D eigenvalue weighted by atomic mass is 10.1. The van der Waals surface area contributed by atoms with E-state index in [9.17, 15) is 22.0 Å². The second-order valence-corrected chi connectivity index (χ2v) is 8.76. The van der Waals surface area contributed by atoms with Crippen molar-refractivity contribution in [3.05, 3.63) is 48.2 Å². The number of alkyl halides is 2. The van der Waals surface area contributed by atoms with Gasteiger partial charge in [-0.05, 0) is 29.8 Å². The Labute approximate surface area is 177 Å². The Kier molecular flexibility index (Phi) is 6.86. The smallest absolute Gasteiger partial charge is 0.333 e. The Bertz CT molecular complexity index is 1190. The number of fused-ring (bicyclic) bond motifs is 1. The number of nitrogens with zero attached hydrogens (tertiary/aromatic N) is 2. The molecule has 1 aromatic heterocycles. The molecule has 0 aliphatic heterocycles. The van der Waals surface area contributed by atoms with Crippen molar-refractivity contribution in [3.63, 3.8) is 0 Å². The van der Waals surface area contributed by atoms with Crippen LogP contribution >= 0.6 is 0 Å². The molecule has 1 amide bonds. The number of carbonyl (C=O) groups is 1. The summed E-state index contributed by atoms with van der Waals surface area (Å²) in [4.78, 5) is 12.3. The van der Waals surface area contributed by atoms with Gasteiger partial charge in [0.1, 0.15) is 12.4 Å². The highest BCUT2D eigenvalue weighted by Crippen LogP contribution is 2.28. The van der Waals surface area contributed by atoms with Gasteiger partial charge in [-0.2, -0.15) is 13.9 Å². The Morgan fingerprint density at radius 2 is 2.00 bits per heavy atom. The number of aromatic nitrogens is 2. The Morgan fingerprint density at radius 3 is 2.68 bits per heavy atom. The number of sulfone groups is 1. The van der Waals surface area contributed by atoms with Crippen LogP contribution in [0.3, 0.4) is 0 Å². The molecule has 0 spiro atoms. The third kappa shape index (κ3) is 5.76. The predicted octanol–water partition coefficient (Wildman–Crippen LogP) is 3.04. The molecule has 0 bridgehead atoms. The van der Waals surface area contributed by atoms with Gasteiger partial charge in [0.05, 0.1) is 23.4 Å². The third-order valence-corrected chi connectivity index (χ3v) is 5.44. The van der Waals surface area contributed by atoms with Crippen molar-refractivity contribution in [2.45, 2.75) is 17.9 Å². The van der Waals surface area contributed by atoms with Crippen molar-refractivity contribution < 1.29 is 31.5 Å². The maximum Gasteiger partial charge on any atom is 0.333 e. The minimum atomic E-state index is -3.75. The van der Waals surface area contributed by atoms with E-state index < -0.39 is 22.3 Å². The highest BCUT2D eigenvalue weighted by Gasteiger charge is 2.19. The minimum Gasteiger partial charge on any atom is -0.491 e. The molecule has 0 saturated heterocycles. The monoisotopic (exact) mass is 453 g/mol. The fourth-order valence-corrected chi connectivity index (χ4v) is 3.87. The summed E-state index contributed by atoms with van der Waals surface area (Å²) in [7, 11) is -2.19. The fraction of sp³-hybridized carbons (Fsp3) is 0.300. The average molecular weight is 453 g/mol. The molecule has 1 N–H and O–H groups in total.